The Kier molecular flexibility index (Phi) is 6.96. The molecule has 6 heteroatoms. The van der Waals surface area contributed by atoms with Gasteiger partial charge >= 0.3 is 0 Å². The summed E-state index contributed by atoms with van der Waals surface area (Å²) in [6.45, 7) is 6.01. The Hall–Kier alpha value is -3.77. The van der Waals surface area contributed by atoms with Gasteiger partial charge in [-0.15, -0.1) is 0 Å². The van der Waals surface area contributed by atoms with Crippen LogP contribution in [0.4, 0.5) is 11.4 Å². The fraction of sp³-hybridized carbons (Fsp3) is 0.300. The number of ether oxygens (including phenoxy) is 2. The zero-order valence-corrected chi connectivity index (χ0v) is 21.2. The molecule has 0 saturated carbocycles. The lowest BCUT2D eigenvalue weighted by atomic mass is 10.1. The van der Waals surface area contributed by atoms with Gasteiger partial charge in [-0.05, 0) is 48.9 Å². The van der Waals surface area contributed by atoms with Crippen molar-refractivity contribution in [3.63, 3.8) is 0 Å². The average molecular weight is 484 g/mol. The van der Waals surface area contributed by atoms with Gasteiger partial charge in [0.25, 0.3) is 5.91 Å². The van der Waals surface area contributed by atoms with Gasteiger partial charge in [0, 0.05) is 61.3 Å². The number of anilines is 2. The predicted molar refractivity (Wildman–Crippen MR) is 144 cm³/mol. The highest BCUT2D eigenvalue weighted by Crippen LogP contribution is 2.33. The van der Waals surface area contributed by atoms with Gasteiger partial charge in [-0.1, -0.05) is 42.5 Å². The second kappa shape index (κ2) is 10.5. The Balaban J connectivity index is 1.24. The topological polar surface area (TPSA) is 45.2 Å². The molecule has 0 aromatic heterocycles. The van der Waals surface area contributed by atoms with Crippen LogP contribution in [0.2, 0.25) is 0 Å². The van der Waals surface area contributed by atoms with Crippen LogP contribution < -0.4 is 14.4 Å². The molecule has 3 aromatic rings. The Morgan fingerprint density at radius 3 is 2.50 bits per heavy atom. The summed E-state index contributed by atoms with van der Waals surface area (Å²) in [5, 5.41) is 0. The van der Waals surface area contributed by atoms with Crippen molar-refractivity contribution in [2.75, 3.05) is 45.3 Å². The number of fused-ring (bicyclic) bond motifs is 1. The van der Waals surface area contributed by atoms with Gasteiger partial charge in [0.15, 0.2) is 11.5 Å². The van der Waals surface area contributed by atoms with Crippen molar-refractivity contribution < 1.29 is 14.3 Å². The second-order valence-electron chi connectivity index (χ2n) is 9.35. The lowest BCUT2D eigenvalue weighted by molar-refractivity contribution is 0.0474. The molecule has 6 nitrogen and oxygen atoms in total. The van der Waals surface area contributed by atoms with Crippen molar-refractivity contribution in [3.8, 4) is 11.5 Å². The van der Waals surface area contributed by atoms with E-state index < -0.39 is 0 Å². The number of para-hydroxylation sites is 2. The third-order valence-electron chi connectivity index (χ3n) is 7.09. The number of hydrogen-bond acceptors (Lipinski definition) is 5. The molecule has 1 amide bonds. The maximum atomic E-state index is 13.4. The molecule has 36 heavy (non-hydrogen) atoms. The number of benzene rings is 3. The van der Waals surface area contributed by atoms with E-state index in [1.807, 2.05) is 29.2 Å². The second-order valence-corrected chi connectivity index (χ2v) is 9.35. The lowest BCUT2D eigenvalue weighted by Gasteiger charge is -2.40. The molecular formula is C30H33N3O3. The first kappa shape index (κ1) is 23.9. The first-order valence-corrected chi connectivity index (χ1v) is 12.5. The van der Waals surface area contributed by atoms with Crippen molar-refractivity contribution in [3.05, 3.63) is 89.5 Å². The Morgan fingerprint density at radius 1 is 0.944 bits per heavy atom. The van der Waals surface area contributed by atoms with Crippen molar-refractivity contribution in [1.29, 1.82) is 0 Å². The van der Waals surface area contributed by atoms with E-state index >= 15 is 0 Å². The molecule has 1 fully saturated rings. The quantitative estimate of drug-likeness (QED) is 0.481. The fourth-order valence-electron chi connectivity index (χ4n) is 5.25. The van der Waals surface area contributed by atoms with Gasteiger partial charge in [-0.25, -0.2) is 0 Å². The summed E-state index contributed by atoms with van der Waals surface area (Å²) in [5.74, 6) is 1.61. The first-order valence-electron chi connectivity index (χ1n) is 12.5. The molecule has 2 aliphatic heterocycles. The zero-order valence-electron chi connectivity index (χ0n) is 21.2. The molecule has 1 saturated heterocycles. The third kappa shape index (κ3) is 4.69. The summed E-state index contributed by atoms with van der Waals surface area (Å²) < 4.78 is 11.0. The highest BCUT2D eigenvalue weighted by molar-refractivity contribution is 5.95. The standard InChI is InChI=1S/C30H33N3O3/c1-22-20-31(21-25-9-6-12-28(35-2)29(25)36-3)18-19-32(22)30(34)24-13-15-26(16-14-24)33-17-7-10-23-8-4-5-11-27(23)33/h4-16,22H,17-21H2,1-3H3/t22-/m0/s1. The smallest absolute Gasteiger partial charge is 0.254 e. The van der Waals surface area contributed by atoms with E-state index in [0.717, 1.165) is 54.5 Å². The van der Waals surface area contributed by atoms with Crippen molar-refractivity contribution in [2.24, 2.45) is 0 Å². The fourth-order valence-corrected chi connectivity index (χ4v) is 5.25. The maximum absolute atomic E-state index is 13.4. The minimum atomic E-state index is 0.0894. The van der Waals surface area contributed by atoms with E-state index in [1.165, 1.54) is 11.3 Å². The van der Waals surface area contributed by atoms with Gasteiger partial charge < -0.3 is 19.3 Å². The lowest BCUT2D eigenvalue weighted by Crippen LogP contribution is -2.53. The largest absolute Gasteiger partial charge is 0.493 e. The Labute approximate surface area is 213 Å². The van der Waals surface area contributed by atoms with Crippen molar-refractivity contribution >= 4 is 23.4 Å². The van der Waals surface area contributed by atoms with Crippen LogP contribution in [-0.4, -0.2) is 62.1 Å². The van der Waals surface area contributed by atoms with Crippen LogP contribution >= 0.6 is 0 Å². The van der Waals surface area contributed by atoms with Crippen LogP contribution in [-0.2, 0) is 6.54 Å². The number of nitrogens with zero attached hydrogens (tertiary/aromatic N) is 3. The van der Waals surface area contributed by atoms with Crippen LogP contribution in [0.25, 0.3) is 6.08 Å². The molecule has 0 unspecified atom stereocenters. The number of carbonyl (C=O) groups excluding carboxylic acids is 1. The molecule has 186 valence electrons. The zero-order chi connectivity index (χ0) is 25.1. The normalized spacial score (nSPS) is 17.6. The summed E-state index contributed by atoms with van der Waals surface area (Å²) in [4.78, 5) is 20.0. The molecular weight excluding hydrogens is 450 g/mol. The van der Waals surface area contributed by atoms with E-state index in [9.17, 15) is 4.79 Å². The van der Waals surface area contributed by atoms with Gasteiger partial charge in [0.1, 0.15) is 0 Å². The van der Waals surface area contributed by atoms with Crippen LogP contribution in [0.5, 0.6) is 11.5 Å². The summed E-state index contributed by atoms with van der Waals surface area (Å²) in [7, 11) is 3.33. The summed E-state index contributed by atoms with van der Waals surface area (Å²) in [6.07, 6.45) is 4.33. The number of amides is 1. The molecule has 5 rings (SSSR count). The molecule has 3 aromatic carbocycles. The van der Waals surface area contributed by atoms with E-state index in [1.54, 1.807) is 14.2 Å². The summed E-state index contributed by atoms with van der Waals surface area (Å²) >= 11 is 0. The van der Waals surface area contributed by atoms with Crippen molar-refractivity contribution in [2.45, 2.75) is 19.5 Å². The van der Waals surface area contributed by atoms with E-state index in [-0.39, 0.29) is 11.9 Å². The van der Waals surface area contributed by atoms with E-state index in [0.29, 0.717) is 6.54 Å². The number of piperazine rings is 1. The molecule has 0 radical (unpaired) electrons. The van der Waals surface area contributed by atoms with Gasteiger partial charge in [-0.2, -0.15) is 0 Å². The number of methoxy groups -OCH3 is 2. The molecule has 0 aliphatic carbocycles. The monoisotopic (exact) mass is 483 g/mol. The molecule has 2 aliphatic rings. The van der Waals surface area contributed by atoms with E-state index in [2.05, 4.69) is 71.3 Å². The van der Waals surface area contributed by atoms with Crippen LogP contribution in [0.1, 0.15) is 28.4 Å². The summed E-state index contributed by atoms with van der Waals surface area (Å²) in [6, 6.07) is 22.5. The molecule has 1 atom stereocenters. The highest BCUT2D eigenvalue weighted by atomic mass is 16.5. The van der Waals surface area contributed by atoms with Crippen LogP contribution in [0.15, 0.2) is 72.8 Å². The molecule has 0 spiro atoms. The number of hydrogen-bond donors (Lipinski definition) is 0. The predicted octanol–water partition coefficient (Wildman–Crippen LogP) is 5.22. The molecule has 2 heterocycles. The summed E-state index contributed by atoms with van der Waals surface area (Å²) in [5.41, 5.74) is 5.31. The molecule has 0 N–H and O–H groups in total. The Morgan fingerprint density at radius 2 is 1.75 bits per heavy atom. The minimum absolute atomic E-state index is 0.0894. The van der Waals surface area contributed by atoms with Gasteiger partial charge in [0.2, 0.25) is 0 Å². The molecule has 0 bridgehead atoms. The van der Waals surface area contributed by atoms with Gasteiger partial charge in [-0.3, -0.25) is 9.69 Å². The number of carbonyl (C=O) groups is 1. The average Bonchev–Trinajstić information content (AvgIpc) is 2.92. The third-order valence-corrected chi connectivity index (χ3v) is 7.09. The van der Waals surface area contributed by atoms with Crippen molar-refractivity contribution in [1.82, 2.24) is 9.80 Å². The Bertz CT molecular complexity index is 1250. The highest BCUT2D eigenvalue weighted by Gasteiger charge is 2.29. The number of rotatable bonds is 6. The van der Waals surface area contributed by atoms with E-state index in [4.69, 9.17) is 9.47 Å². The van der Waals surface area contributed by atoms with Gasteiger partial charge in [0.05, 0.1) is 14.2 Å². The maximum Gasteiger partial charge on any atom is 0.254 e. The minimum Gasteiger partial charge on any atom is -0.493 e. The first-order chi connectivity index (χ1) is 17.6. The van der Waals surface area contributed by atoms with Crippen LogP contribution in [0.3, 0.4) is 0 Å². The van der Waals surface area contributed by atoms with Crippen LogP contribution in [0, 0.1) is 0 Å². The SMILES string of the molecule is COc1cccc(CN2CCN(C(=O)c3ccc(N4CC=Cc5ccccc54)cc3)[C@@H](C)C2)c1OC.